The molecule has 0 amide bonds. The molecule has 1 aromatic carbocycles. The van der Waals surface area contributed by atoms with Gasteiger partial charge in [-0.15, -0.1) is 0 Å². The van der Waals surface area contributed by atoms with Crippen LogP contribution in [0.15, 0.2) is 18.2 Å². The van der Waals surface area contributed by atoms with Gasteiger partial charge < -0.3 is 15.7 Å². The van der Waals surface area contributed by atoms with Gasteiger partial charge in [-0.05, 0) is 31.6 Å². The number of carboxylic acid groups (broad SMARTS) is 1. The van der Waals surface area contributed by atoms with E-state index >= 15 is 0 Å². The Balaban J connectivity index is 2.18. The highest BCUT2D eigenvalue weighted by molar-refractivity contribution is 5.97. The van der Waals surface area contributed by atoms with E-state index in [1.807, 2.05) is 6.07 Å². The average molecular weight is 277 g/mol. The number of aromatic carboxylic acids is 1. The van der Waals surface area contributed by atoms with Crippen LogP contribution < -0.4 is 10.6 Å². The number of hydrogen-bond acceptors (Lipinski definition) is 4. The van der Waals surface area contributed by atoms with Crippen molar-refractivity contribution in [2.24, 2.45) is 0 Å². The van der Waals surface area contributed by atoms with Crippen LogP contribution in [-0.2, 0) is 0 Å². The number of likely N-dealkylation sites (N-methyl/N-ethyl adjacent to an activating group) is 1. The fourth-order valence-corrected chi connectivity index (χ4v) is 3.01. The van der Waals surface area contributed by atoms with E-state index in [9.17, 15) is 4.79 Å². The first kappa shape index (κ1) is 14.7. The number of nitrogens with zero attached hydrogens (tertiary/aromatic N) is 2. The number of rotatable bonds is 5. The molecular weight excluding hydrogens is 254 g/mol. The zero-order valence-electron chi connectivity index (χ0n) is 12.2. The van der Waals surface area contributed by atoms with Crippen LogP contribution in [0.3, 0.4) is 0 Å². The van der Waals surface area contributed by atoms with Crippen molar-refractivity contribution in [3.63, 3.8) is 0 Å². The minimum absolute atomic E-state index is 0.189. The molecule has 1 atom stereocenters. The minimum Gasteiger partial charge on any atom is -0.478 e. The molecule has 1 aliphatic heterocycles. The van der Waals surface area contributed by atoms with Crippen LogP contribution in [-0.4, -0.2) is 48.2 Å². The molecule has 1 unspecified atom stereocenters. The molecule has 5 heteroatoms. The predicted molar refractivity (Wildman–Crippen MR) is 81.4 cm³/mol. The lowest BCUT2D eigenvalue weighted by Crippen LogP contribution is -2.37. The highest BCUT2D eigenvalue weighted by Crippen LogP contribution is 2.30. The summed E-state index contributed by atoms with van der Waals surface area (Å²) in [6, 6.07) is 5.75. The summed E-state index contributed by atoms with van der Waals surface area (Å²) in [5.74, 6) is -0.969. The number of nitrogens with two attached hydrogens (primary N) is 1. The third kappa shape index (κ3) is 2.72. The molecule has 1 heterocycles. The number of benzene rings is 1. The summed E-state index contributed by atoms with van der Waals surface area (Å²) in [5.41, 5.74) is 7.43. The molecule has 1 aromatic rings. The second-order valence-corrected chi connectivity index (χ2v) is 5.15. The van der Waals surface area contributed by atoms with Gasteiger partial charge in [-0.25, -0.2) is 4.79 Å². The monoisotopic (exact) mass is 277 g/mol. The number of hydrogen-bond donors (Lipinski definition) is 2. The van der Waals surface area contributed by atoms with Gasteiger partial charge in [0.2, 0.25) is 0 Å². The first-order chi connectivity index (χ1) is 9.58. The van der Waals surface area contributed by atoms with Gasteiger partial charge in [0, 0.05) is 19.1 Å². The van der Waals surface area contributed by atoms with E-state index in [0.29, 0.717) is 11.7 Å². The van der Waals surface area contributed by atoms with Crippen molar-refractivity contribution in [2.75, 3.05) is 36.8 Å². The predicted octanol–water partition coefficient (Wildman–Crippen LogP) is 1.89. The summed E-state index contributed by atoms with van der Waals surface area (Å²) in [5, 5.41) is 9.14. The van der Waals surface area contributed by atoms with Crippen molar-refractivity contribution < 1.29 is 9.90 Å². The summed E-state index contributed by atoms with van der Waals surface area (Å²) >= 11 is 0. The zero-order valence-corrected chi connectivity index (χ0v) is 12.2. The van der Waals surface area contributed by atoms with Gasteiger partial charge in [0.1, 0.15) is 0 Å². The summed E-state index contributed by atoms with van der Waals surface area (Å²) in [7, 11) is 0. The Morgan fingerprint density at radius 2 is 2.15 bits per heavy atom. The van der Waals surface area contributed by atoms with Crippen LogP contribution in [0.1, 0.15) is 30.6 Å². The molecule has 0 aromatic heterocycles. The molecule has 0 radical (unpaired) electrons. The quantitative estimate of drug-likeness (QED) is 0.804. The van der Waals surface area contributed by atoms with Gasteiger partial charge in [0.05, 0.1) is 16.9 Å². The molecule has 0 aliphatic carbocycles. The van der Waals surface area contributed by atoms with Crippen molar-refractivity contribution in [3.8, 4) is 0 Å². The summed E-state index contributed by atoms with van der Waals surface area (Å²) in [6.45, 7) is 8.26. The summed E-state index contributed by atoms with van der Waals surface area (Å²) < 4.78 is 0. The largest absolute Gasteiger partial charge is 0.478 e. The van der Waals surface area contributed by atoms with Crippen LogP contribution in [0.2, 0.25) is 0 Å². The molecule has 20 heavy (non-hydrogen) atoms. The van der Waals surface area contributed by atoms with Gasteiger partial charge in [-0.3, -0.25) is 4.90 Å². The van der Waals surface area contributed by atoms with Gasteiger partial charge in [-0.1, -0.05) is 19.9 Å². The molecule has 0 bridgehead atoms. The van der Waals surface area contributed by atoms with Crippen LogP contribution >= 0.6 is 0 Å². The van der Waals surface area contributed by atoms with Crippen molar-refractivity contribution in [1.82, 2.24) is 4.90 Å². The Kier molecular flexibility index (Phi) is 4.49. The topological polar surface area (TPSA) is 69.8 Å². The van der Waals surface area contributed by atoms with Crippen molar-refractivity contribution in [1.29, 1.82) is 0 Å². The van der Waals surface area contributed by atoms with E-state index in [0.717, 1.165) is 38.3 Å². The first-order valence-electron chi connectivity index (χ1n) is 7.19. The average Bonchev–Trinajstić information content (AvgIpc) is 2.89. The van der Waals surface area contributed by atoms with Crippen molar-refractivity contribution in [3.05, 3.63) is 23.8 Å². The second kappa shape index (κ2) is 6.13. The molecule has 5 nitrogen and oxygen atoms in total. The molecular formula is C15H23N3O2. The first-order valence-corrected chi connectivity index (χ1v) is 7.19. The third-order valence-electron chi connectivity index (χ3n) is 4.15. The fourth-order valence-electron chi connectivity index (χ4n) is 3.01. The van der Waals surface area contributed by atoms with Crippen LogP contribution in [0.5, 0.6) is 0 Å². The molecule has 110 valence electrons. The number of carbonyl (C=O) groups is 1. The molecule has 1 saturated heterocycles. The lowest BCUT2D eigenvalue weighted by molar-refractivity contribution is 0.0698. The van der Waals surface area contributed by atoms with E-state index in [2.05, 4.69) is 23.6 Å². The minimum atomic E-state index is -0.969. The Labute approximate surface area is 120 Å². The van der Waals surface area contributed by atoms with E-state index in [-0.39, 0.29) is 5.56 Å². The van der Waals surface area contributed by atoms with Crippen LogP contribution in [0.4, 0.5) is 11.4 Å². The van der Waals surface area contributed by atoms with E-state index in [1.54, 1.807) is 12.1 Å². The highest BCUT2D eigenvalue weighted by atomic mass is 16.4. The summed E-state index contributed by atoms with van der Waals surface area (Å²) in [4.78, 5) is 15.8. The van der Waals surface area contributed by atoms with Gasteiger partial charge >= 0.3 is 5.97 Å². The number of carboxylic acids is 1. The van der Waals surface area contributed by atoms with Gasteiger partial charge in [0.25, 0.3) is 0 Å². The number of nitrogen functional groups attached to an aromatic ring is 1. The normalized spacial score (nSPS) is 18.8. The highest BCUT2D eigenvalue weighted by Gasteiger charge is 2.28. The van der Waals surface area contributed by atoms with Crippen molar-refractivity contribution >= 4 is 17.3 Å². The molecule has 0 spiro atoms. The molecule has 0 saturated carbocycles. The fraction of sp³-hybridized carbons (Fsp3) is 0.533. The zero-order chi connectivity index (χ0) is 14.7. The van der Waals surface area contributed by atoms with Gasteiger partial charge in [0.15, 0.2) is 0 Å². The molecule has 3 N–H and O–H groups in total. The maximum Gasteiger partial charge on any atom is 0.337 e. The maximum atomic E-state index is 11.1. The number of anilines is 2. The molecule has 2 rings (SSSR count). The van der Waals surface area contributed by atoms with E-state index < -0.39 is 5.97 Å². The second-order valence-electron chi connectivity index (χ2n) is 5.15. The number of para-hydroxylation sites is 1. The third-order valence-corrected chi connectivity index (χ3v) is 4.15. The van der Waals surface area contributed by atoms with E-state index in [1.165, 1.54) is 0 Å². The SMILES string of the molecule is CCN(CC)C1CCN(c2cccc(C(=O)O)c2N)C1. The Bertz CT molecular complexity index is 486. The van der Waals surface area contributed by atoms with Gasteiger partial charge in [-0.2, -0.15) is 0 Å². The summed E-state index contributed by atoms with van der Waals surface area (Å²) in [6.07, 6.45) is 1.10. The Morgan fingerprint density at radius 1 is 1.45 bits per heavy atom. The Hall–Kier alpha value is -1.75. The molecule has 1 aliphatic rings. The van der Waals surface area contributed by atoms with E-state index in [4.69, 9.17) is 10.8 Å². The Morgan fingerprint density at radius 3 is 2.75 bits per heavy atom. The van der Waals surface area contributed by atoms with Crippen molar-refractivity contribution in [2.45, 2.75) is 26.3 Å². The van der Waals surface area contributed by atoms with Crippen LogP contribution in [0, 0.1) is 0 Å². The maximum absolute atomic E-state index is 11.1. The molecule has 1 fully saturated rings. The lowest BCUT2D eigenvalue weighted by Gasteiger charge is -2.27. The smallest absolute Gasteiger partial charge is 0.337 e. The lowest BCUT2D eigenvalue weighted by atomic mass is 10.1. The van der Waals surface area contributed by atoms with Crippen LogP contribution in [0.25, 0.3) is 0 Å². The standard InChI is InChI=1S/C15H23N3O2/c1-3-17(4-2)11-8-9-18(10-11)13-7-5-6-12(14(13)16)15(19)20/h5-7,11H,3-4,8-10,16H2,1-2H3,(H,19,20).